The second-order valence-corrected chi connectivity index (χ2v) is 7.58. The van der Waals surface area contributed by atoms with Crippen LogP contribution in [0.3, 0.4) is 0 Å². The number of amides is 1. The Morgan fingerprint density at radius 3 is 2.56 bits per heavy atom. The average Bonchev–Trinajstić information content (AvgIpc) is 3.30. The van der Waals surface area contributed by atoms with E-state index in [4.69, 9.17) is 0 Å². The summed E-state index contributed by atoms with van der Waals surface area (Å²) >= 11 is 0. The van der Waals surface area contributed by atoms with Crippen molar-refractivity contribution in [1.29, 1.82) is 0 Å². The number of hydrogen-bond acceptors (Lipinski definition) is 3. The predicted molar refractivity (Wildman–Crippen MR) is 97.2 cm³/mol. The molecule has 1 atom stereocenters. The maximum atomic E-state index is 12.5. The van der Waals surface area contributed by atoms with Gasteiger partial charge in [-0.25, -0.2) is 0 Å². The molecule has 0 unspecified atom stereocenters. The molecule has 4 rings (SSSR count). The predicted octanol–water partition coefficient (Wildman–Crippen LogP) is 2.32. The minimum absolute atomic E-state index is 0.235. The smallest absolute Gasteiger partial charge is 0.224 e. The first-order valence-corrected chi connectivity index (χ1v) is 9.23. The van der Waals surface area contributed by atoms with Crippen molar-refractivity contribution in [2.75, 3.05) is 6.54 Å². The van der Waals surface area contributed by atoms with Gasteiger partial charge in [0.1, 0.15) is 0 Å². The molecule has 1 N–H and O–H groups in total. The molecule has 0 spiro atoms. The average molecular weight is 338 g/mol. The molecule has 5 heteroatoms. The van der Waals surface area contributed by atoms with Crippen molar-refractivity contribution in [3.8, 4) is 0 Å². The molecule has 5 nitrogen and oxygen atoms in total. The van der Waals surface area contributed by atoms with E-state index in [-0.39, 0.29) is 11.9 Å². The second kappa shape index (κ2) is 6.64. The molecule has 0 radical (unpaired) electrons. The number of rotatable bonds is 5. The summed E-state index contributed by atoms with van der Waals surface area (Å²) in [7, 11) is 0. The molecule has 1 aromatic heterocycles. The Kier molecular flexibility index (Phi) is 4.34. The number of hydrogen-bond donors (Lipinski definition) is 1. The number of nitrogens with zero attached hydrogens (tertiary/aromatic N) is 3. The number of aromatic nitrogens is 2. The maximum Gasteiger partial charge on any atom is 0.224 e. The summed E-state index contributed by atoms with van der Waals surface area (Å²) in [5.41, 5.74) is 3.98. The van der Waals surface area contributed by atoms with E-state index in [1.807, 2.05) is 10.9 Å². The Bertz CT molecular complexity index is 742. The van der Waals surface area contributed by atoms with E-state index < -0.39 is 0 Å². The van der Waals surface area contributed by atoms with Gasteiger partial charge in [0.25, 0.3) is 0 Å². The fraction of sp³-hybridized carbons (Fsp3) is 0.500. The Labute approximate surface area is 149 Å². The highest BCUT2D eigenvalue weighted by molar-refractivity contribution is 5.79. The zero-order valence-corrected chi connectivity index (χ0v) is 15.0. The van der Waals surface area contributed by atoms with Crippen LogP contribution in [0.2, 0.25) is 0 Å². The second-order valence-electron chi connectivity index (χ2n) is 7.58. The van der Waals surface area contributed by atoms with Crippen LogP contribution in [-0.4, -0.2) is 39.2 Å². The van der Waals surface area contributed by atoms with E-state index in [0.29, 0.717) is 18.5 Å². The highest BCUT2D eigenvalue weighted by atomic mass is 16.2. The summed E-state index contributed by atoms with van der Waals surface area (Å²) in [5.74, 6) is 0.285. The topological polar surface area (TPSA) is 50.2 Å². The van der Waals surface area contributed by atoms with Gasteiger partial charge < -0.3 is 10.2 Å². The van der Waals surface area contributed by atoms with Crippen LogP contribution in [0.4, 0.5) is 0 Å². The molecular weight excluding hydrogens is 312 g/mol. The Balaban J connectivity index is 1.33. The summed E-state index contributed by atoms with van der Waals surface area (Å²) in [6.07, 6.45) is 6.59. The highest BCUT2D eigenvalue weighted by Crippen LogP contribution is 2.28. The summed E-state index contributed by atoms with van der Waals surface area (Å²) < 4.78 is 1.97. The van der Waals surface area contributed by atoms with Gasteiger partial charge in [-0.05, 0) is 37.8 Å². The van der Waals surface area contributed by atoms with Crippen LogP contribution >= 0.6 is 0 Å². The van der Waals surface area contributed by atoms with Crippen molar-refractivity contribution in [2.45, 2.75) is 57.8 Å². The van der Waals surface area contributed by atoms with E-state index in [9.17, 15) is 4.79 Å². The molecular formula is C20H26N4O. The minimum Gasteiger partial charge on any atom is -0.337 e. The van der Waals surface area contributed by atoms with Crippen molar-refractivity contribution in [1.82, 2.24) is 20.0 Å². The Morgan fingerprint density at radius 2 is 1.92 bits per heavy atom. The van der Waals surface area contributed by atoms with Gasteiger partial charge in [0.05, 0.1) is 6.20 Å². The molecule has 1 amide bonds. The molecule has 25 heavy (non-hydrogen) atoms. The quantitative estimate of drug-likeness (QED) is 0.910. The van der Waals surface area contributed by atoms with E-state index in [1.165, 1.54) is 16.7 Å². The zero-order valence-electron chi connectivity index (χ0n) is 15.0. The fourth-order valence-electron chi connectivity index (χ4n) is 3.99. The van der Waals surface area contributed by atoms with Gasteiger partial charge in [0.2, 0.25) is 5.91 Å². The third-order valence-electron chi connectivity index (χ3n) is 5.41. The third-order valence-corrected chi connectivity index (χ3v) is 5.41. The van der Waals surface area contributed by atoms with Crippen molar-refractivity contribution in [3.63, 3.8) is 0 Å². The first-order valence-electron chi connectivity index (χ1n) is 9.23. The van der Waals surface area contributed by atoms with Crippen LogP contribution in [0.15, 0.2) is 36.7 Å². The Morgan fingerprint density at radius 1 is 1.20 bits per heavy atom. The van der Waals surface area contributed by atoms with Crippen LogP contribution in [0.1, 0.15) is 43.0 Å². The van der Waals surface area contributed by atoms with E-state index >= 15 is 0 Å². The normalized spacial score (nSPS) is 20.7. The fourth-order valence-corrected chi connectivity index (χ4v) is 3.99. The summed E-state index contributed by atoms with van der Waals surface area (Å²) in [5, 5.41) is 7.92. The first-order chi connectivity index (χ1) is 12.1. The number of benzene rings is 1. The number of fused-ring (bicyclic) bond motifs is 1. The van der Waals surface area contributed by atoms with Crippen molar-refractivity contribution >= 4 is 5.91 Å². The van der Waals surface area contributed by atoms with Crippen LogP contribution in [0.5, 0.6) is 0 Å². The van der Waals surface area contributed by atoms with Gasteiger partial charge in [-0.2, -0.15) is 5.10 Å². The molecule has 1 fully saturated rings. The number of carbonyl (C=O) groups is 1. The van der Waals surface area contributed by atoms with Gasteiger partial charge in [-0.3, -0.25) is 9.48 Å². The van der Waals surface area contributed by atoms with Crippen LogP contribution < -0.4 is 5.32 Å². The minimum atomic E-state index is 0.235. The summed E-state index contributed by atoms with van der Waals surface area (Å²) in [6.45, 7) is 5.83. The highest BCUT2D eigenvalue weighted by Gasteiger charge is 2.36. The lowest BCUT2D eigenvalue weighted by Gasteiger charge is -2.24. The third kappa shape index (κ3) is 3.33. The van der Waals surface area contributed by atoms with Crippen molar-refractivity contribution in [2.24, 2.45) is 0 Å². The SMILES string of the molecule is CC(C)n1cc(CN[C@H]2CC(=O)N(C3Cc4ccccc4C3)C2)cn1. The lowest BCUT2D eigenvalue weighted by Crippen LogP contribution is -2.39. The van der Waals surface area contributed by atoms with E-state index in [1.54, 1.807) is 0 Å². The lowest BCUT2D eigenvalue weighted by atomic mass is 10.1. The standard InChI is InChI=1S/C20H26N4O/c1-14(2)24-12-15(11-22-24)10-21-18-9-20(25)23(13-18)19-7-16-5-3-4-6-17(16)8-19/h3-6,11-12,14,18-19,21H,7-10,13H2,1-2H3/t18-/m0/s1. The van der Waals surface area contributed by atoms with Crippen molar-refractivity contribution < 1.29 is 4.79 Å². The van der Waals surface area contributed by atoms with Crippen molar-refractivity contribution in [3.05, 3.63) is 53.3 Å². The van der Waals surface area contributed by atoms with Crippen LogP contribution in [0, 0.1) is 0 Å². The first kappa shape index (κ1) is 16.3. The molecule has 2 aliphatic rings. The molecule has 132 valence electrons. The number of likely N-dealkylation sites (tertiary alicyclic amines) is 1. The van der Waals surface area contributed by atoms with Crippen LogP contribution in [-0.2, 0) is 24.2 Å². The van der Waals surface area contributed by atoms with E-state index in [2.05, 4.69) is 59.6 Å². The van der Waals surface area contributed by atoms with Crippen LogP contribution in [0.25, 0.3) is 0 Å². The number of nitrogens with one attached hydrogen (secondary N) is 1. The summed E-state index contributed by atoms with van der Waals surface area (Å²) in [6, 6.07) is 9.51. The van der Waals surface area contributed by atoms with Gasteiger partial charge in [0, 0.05) is 49.4 Å². The van der Waals surface area contributed by atoms with E-state index in [0.717, 1.165) is 25.9 Å². The molecule has 0 bridgehead atoms. The molecule has 1 saturated heterocycles. The van der Waals surface area contributed by atoms with Gasteiger partial charge in [-0.15, -0.1) is 0 Å². The monoisotopic (exact) mass is 338 g/mol. The number of carbonyl (C=O) groups excluding carboxylic acids is 1. The van der Waals surface area contributed by atoms with Gasteiger partial charge in [0.15, 0.2) is 0 Å². The largest absolute Gasteiger partial charge is 0.337 e. The van der Waals surface area contributed by atoms with Gasteiger partial charge in [-0.1, -0.05) is 24.3 Å². The maximum absolute atomic E-state index is 12.5. The molecule has 1 aromatic carbocycles. The molecule has 0 saturated carbocycles. The molecule has 2 aromatic rings. The summed E-state index contributed by atoms with van der Waals surface area (Å²) in [4.78, 5) is 14.6. The molecule has 1 aliphatic heterocycles. The lowest BCUT2D eigenvalue weighted by molar-refractivity contribution is -0.129. The molecule has 1 aliphatic carbocycles. The zero-order chi connectivity index (χ0) is 17.4. The van der Waals surface area contributed by atoms with Gasteiger partial charge >= 0.3 is 0 Å². The molecule has 2 heterocycles. The Hall–Kier alpha value is -2.14.